The van der Waals surface area contributed by atoms with Crippen LogP contribution in [-0.4, -0.2) is 6.10 Å². The third-order valence-electron chi connectivity index (χ3n) is 4.16. The molecule has 100 valence electrons. The highest BCUT2D eigenvalue weighted by Gasteiger charge is 2.26. The lowest BCUT2D eigenvalue weighted by molar-refractivity contribution is 0.0999. The highest BCUT2D eigenvalue weighted by Crippen LogP contribution is 2.35. The van der Waals surface area contributed by atoms with Crippen molar-refractivity contribution in [1.29, 1.82) is 0 Å². The van der Waals surface area contributed by atoms with E-state index in [1.54, 1.807) is 0 Å². The zero-order valence-electron chi connectivity index (χ0n) is 11.4. The highest BCUT2D eigenvalue weighted by molar-refractivity contribution is 9.10. The number of nitrogen functional groups attached to an aromatic ring is 1. The van der Waals surface area contributed by atoms with Crippen LogP contribution in [0.25, 0.3) is 0 Å². The van der Waals surface area contributed by atoms with E-state index in [1.807, 2.05) is 19.1 Å². The van der Waals surface area contributed by atoms with Crippen LogP contribution >= 0.6 is 15.9 Å². The Labute approximate surface area is 118 Å². The zero-order valence-corrected chi connectivity index (χ0v) is 13.0. The van der Waals surface area contributed by atoms with E-state index in [-0.39, 0.29) is 0 Å². The minimum absolute atomic E-state index is 0.343. The molecule has 1 fully saturated rings. The SMILES string of the molecule is Cc1cc(OC2CCC(C)C(C)C2)c(Br)cc1N. The number of halogens is 1. The van der Waals surface area contributed by atoms with Gasteiger partial charge in [0.25, 0.3) is 0 Å². The zero-order chi connectivity index (χ0) is 13.3. The smallest absolute Gasteiger partial charge is 0.134 e. The normalized spacial score (nSPS) is 28.1. The minimum Gasteiger partial charge on any atom is -0.489 e. The molecule has 2 nitrogen and oxygen atoms in total. The average molecular weight is 312 g/mol. The van der Waals surface area contributed by atoms with Gasteiger partial charge in [0.05, 0.1) is 10.6 Å². The summed E-state index contributed by atoms with van der Waals surface area (Å²) < 4.78 is 7.09. The Morgan fingerprint density at radius 2 is 1.94 bits per heavy atom. The van der Waals surface area contributed by atoms with Crippen LogP contribution in [0.5, 0.6) is 5.75 Å². The lowest BCUT2D eigenvalue weighted by atomic mass is 9.80. The van der Waals surface area contributed by atoms with Gasteiger partial charge in [-0.15, -0.1) is 0 Å². The van der Waals surface area contributed by atoms with Gasteiger partial charge in [-0.2, -0.15) is 0 Å². The summed E-state index contributed by atoms with van der Waals surface area (Å²) in [5.74, 6) is 2.49. The van der Waals surface area contributed by atoms with E-state index in [0.29, 0.717) is 6.10 Å². The molecule has 0 amide bonds. The summed E-state index contributed by atoms with van der Waals surface area (Å²) in [5, 5.41) is 0. The lowest BCUT2D eigenvalue weighted by Gasteiger charge is -2.32. The standard InChI is InChI=1S/C15H22BrNO/c1-9-4-5-12(6-10(9)2)18-15-7-11(3)14(17)8-13(15)16/h7-10,12H,4-6,17H2,1-3H3. The molecular weight excluding hydrogens is 290 g/mol. The van der Waals surface area contributed by atoms with E-state index in [4.69, 9.17) is 10.5 Å². The second kappa shape index (κ2) is 5.52. The molecule has 2 N–H and O–H groups in total. The Bertz CT molecular complexity index is 433. The van der Waals surface area contributed by atoms with Gasteiger partial charge in [-0.25, -0.2) is 0 Å². The molecular formula is C15H22BrNO. The molecule has 0 spiro atoms. The second-order valence-electron chi connectivity index (χ2n) is 5.65. The van der Waals surface area contributed by atoms with Crippen molar-refractivity contribution in [1.82, 2.24) is 0 Å². The topological polar surface area (TPSA) is 35.2 Å². The van der Waals surface area contributed by atoms with Crippen LogP contribution in [0.2, 0.25) is 0 Å². The minimum atomic E-state index is 0.343. The third kappa shape index (κ3) is 3.00. The van der Waals surface area contributed by atoms with E-state index in [0.717, 1.165) is 46.2 Å². The van der Waals surface area contributed by atoms with Gasteiger partial charge >= 0.3 is 0 Å². The monoisotopic (exact) mass is 311 g/mol. The van der Waals surface area contributed by atoms with Crippen LogP contribution < -0.4 is 10.5 Å². The number of hydrogen-bond donors (Lipinski definition) is 1. The summed E-state index contributed by atoms with van der Waals surface area (Å²) in [7, 11) is 0. The van der Waals surface area contributed by atoms with Gasteiger partial charge in [-0.05, 0) is 71.6 Å². The number of nitrogens with two attached hydrogens (primary N) is 1. The molecule has 0 saturated heterocycles. The van der Waals surface area contributed by atoms with Crippen molar-refractivity contribution in [3.8, 4) is 5.75 Å². The third-order valence-corrected chi connectivity index (χ3v) is 4.78. The van der Waals surface area contributed by atoms with Crippen molar-refractivity contribution in [2.45, 2.75) is 46.1 Å². The van der Waals surface area contributed by atoms with E-state index >= 15 is 0 Å². The molecule has 3 unspecified atom stereocenters. The van der Waals surface area contributed by atoms with Crippen LogP contribution in [0.1, 0.15) is 38.7 Å². The van der Waals surface area contributed by atoms with Crippen LogP contribution in [0.3, 0.4) is 0 Å². The van der Waals surface area contributed by atoms with Crippen molar-refractivity contribution in [2.75, 3.05) is 5.73 Å². The Morgan fingerprint density at radius 1 is 1.22 bits per heavy atom. The van der Waals surface area contributed by atoms with E-state index in [9.17, 15) is 0 Å². The first-order valence-corrected chi connectivity index (χ1v) is 7.49. The maximum atomic E-state index is 6.14. The van der Waals surface area contributed by atoms with Crippen molar-refractivity contribution >= 4 is 21.6 Å². The molecule has 0 bridgehead atoms. The van der Waals surface area contributed by atoms with E-state index in [2.05, 4.69) is 29.8 Å². The van der Waals surface area contributed by atoms with Gasteiger partial charge in [0.15, 0.2) is 0 Å². The lowest BCUT2D eigenvalue weighted by Crippen LogP contribution is -2.28. The number of ether oxygens (including phenoxy) is 1. The van der Waals surface area contributed by atoms with Gasteiger partial charge < -0.3 is 10.5 Å². The van der Waals surface area contributed by atoms with E-state index < -0.39 is 0 Å². The van der Waals surface area contributed by atoms with Gasteiger partial charge in [-0.1, -0.05) is 13.8 Å². The maximum Gasteiger partial charge on any atom is 0.134 e. The number of aryl methyl sites for hydroxylation is 1. The molecule has 1 aromatic carbocycles. The molecule has 3 heteroatoms. The van der Waals surface area contributed by atoms with E-state index in [1.165, 1.54) is 6.42 Å². The fourth-order valence-corrected chi connectivity index (χ4v) is 3.00. The molecule has 1 aliphatic carbocycles. The maximum absolute atomic E-state index is 6.14. The van der Waals surface area contributed by atoms with Gasteiger partial charge in [0.1, 0.15) is 5.75 Å². The van der Waals surface area contributed by atoms with Crippen LogP contribution in [0.4, 0.5) is 5.69 Å². The molecule has 18 heavy (non-hydrogen) atoms. The summed E-state index contributed by atoms with van der Waals surface area (Å²) in [6, 6.07) is 3.96. The summed E-state index contributed by atoms with van der Waals surface area (Å²) in [6.07, 6.45) is 3.91. The predicted octanol–water partition coefficient (Wildman–Crippen LogP) is 4.54. The van der Waals surface area contributed by atoms with Crippen molar-refractivity contribution in [2.24, 2.45) is 11.8 Å². The largest absolute Gasteiger partial charge is 0.489 e. The summed E-state index contributed by atoms with van der Waals surface area (Å²) >= 11 is 3.53. The molecule has 0 heterocycles. The van der Waals surface area contributed by atoms with Crippen molar-refractivity contribution in [3.63, 3.8) is 0 Å². The Hall–Kier alpha value is -0.700. The molecule has 0 aliphatic heterocycles. The van der Waals surface area contributed by atoms with Gasteiger partial charge in [-0.3, -0.25) is 0 Å². The van der Waals surface area contributed by atoms with Crippen LogP contribution in [0.15, 0.2) is 16.6 Å². The molecule has 3 atom stereocenters. The highest BCUT2D eigenvalue weighted by atomic mass is 79.9. The Balaban J connectivity index is 2.08. The molecule has 1 aliphatic rings. The van der Waals surface area contributed by atoms with Crippen molar-refractivity contribution < 1.29 is 4.74 Å². The second-order valence-corrected chi connectivity index (χ2v) is 6.50. The predicted molar refractivity (Wildman–Crippen MR) is 79.9 cm³/mol. The van der Waals surface area contributed by atoms with Gasteiger partial charge in [0, 0.05) is 5.69 Å². The first kappa shape index (κ1) is 13.7. The summed E-state index contributed by atoms with van der Waals surface area (Å²) in [6.45, 7) is 6.67. The molecule has 0 aromatic heterocycles. The summed E-state index contributed by atoms with van der Waals surface area (Å²) in [5.41, 5.74) is 7.76. The Morgan fingerprint density at radius 3 is 2.61 bits per heavy atom. The molecule has 1 aromatic rings. The quantitative estimate of drug-likeness (QED) is 0.814. The number of benzene rings is 1. The summed E-state index contributed by atoms with van der Waals surface area (Å²) in [4.78, 5) is 0. The number of anilines is 1. The Kier molecular flexibility index (Phi) is 4.21. The molecule has 0 radical (unpaired) electrons. The first-order chi connectivity index (χ1) is 8.47. The fourth-order valence-electron chi connectivity index (χ4n) is 2.55. The number of hydrogen-bond acceptors (Lipinski definition) is 2. The number of rotatable bonds is 2. The average Bonchev–Trinajstić information content (AvgIpc) is 2.31. The van der Waals surface area contributed by atoms with Crippen molar-refractivity contribution in [3.05, 3.63) is 22.2 Å². The molecule has 2 rings (SSSR count). The fraction of sp³-hybridized carbons (Fsp3) is 0.600. The van der Waals surface area contributed by atoms with Gasteiger partial charge in [0.2, 0.25) is 0 Å². The van der Waals surface area contributed by atoms with Crippen LogP contribution in [0, 0.1) is 18.8 Å². The first-order valence-electron chi connectivity index (χ1n) is 6.69. The molecule has 1 saturated carbocycles. The van der Waals surface area contributed by atoms with Crippen LogP contribution in [-0.2, 0) is 0 Å².